The maximum absolute atomic E-state index is 13.1. The van der Waals surface area contributed by atoms with Crippen LogP contribution in [-0.4, -0.2) is 32.4 Å². The first-order valence-corrected chi connectivity index (χ1v) is 9.14. The molecule has 0 saturated carbocycles. The zero-order chi connectivity index (χ0) is 21.1. The van der Waals surface area contributed by atoms with Crippen LogP contribution < -0.4 is 15.6 Å². The van der Waals surface area contributed by atoms with Gasteiger partial charge in [-0.15, -0.1) is 0 Å². The molecule has 0 fully saturated rings. The molecule has 0 atom stereocenters. The Kier molecular flexibility index (Phi) is 5.25. The largest absolute Gasteiger partial charge is 0.497 e. The van der Waals surface area contributed by atoms with Gasteiger partial charge in [-0.3, -0.25) is 9.59 Å². The zero-order valence-electron chi connectivity index (χ0n) is 16.1. The number of hydrogen-bond acceptors (Lipinski definition) is 5. The van der Waals surface area contributed by atoms with Crippen molar-refractivity contribution in [2.24, 2.45) is 0 Å². The zero-order valence-corrected chi connectivity index (χ0v) is 16.1. The highest BCUT2D eigenvalue weighted by Crippen LogP contribution is 2.18. The van der Waals surface area contributed by atoms with Gasteiger partial charge in [-0.2, -0.15) is 10.2 Å². The number of benzene rings is 2. The van der Waals surface area contributed by atoms with Crippen LogP contribution in [0.15, 0.2) is 65.7 Å². The van der Waals surface area contributed by atoms with Gasteiger partial charge in [-0.1, -0.05) is 12.1 Å². The molecule has 4 aromatic rings. The number of nitrogens with one attached hydrogen (secondary N) is 1. The Morgan fingerprint density at radius 2 is 1.87 bits per heavy atom. The van der Waals surface area contributed by atoms with Gasteiger partial charge in [0, 0.05) is 12.1 Å². The Morgan fingerprint density at radius 1 is 1.13 bits per heavy atom. The molecule has 1 N–H and O–H groups in total. The second-order valence-corrected chi connectivity index (χ2v) is 6.58. The number of carbonyl (C=O) groups is 1. The third-order valence-corrected chi connectivity index (χ3v) is 4.57. The molecule has 2 aromatic carbocycles. The topological polar surface area (TPSA) is 90.5 Å². The van der Waals surface area contributed by atoms with Crippen molar-refractivity contribution in [3.05, 3.63) is 82.7 Å². The third kappa shape index (κ3) is 4.04. The Hall–Kier alpha value is -4.01. The molecule has 8 nitrogen and oxygen atoms in total. The first-order valence-electron chi connectivity index (χ1n) is 9.14. The van der Waals surface area contributed by atoms with Crippen LogP contribution in [0.2, 0.25) is 0 Å². The van der Waals surface area contributed by atoms with Crippen molar-refractivity contribution in [3.63, 3.8) is 0 Å². The lowest BCUT2D eigenvalue weighted by atomic mass is 10.1. The van der Waals surface area contributed by atoms with Crippen molar-refractivity contribution in [2.75, 3.05) is 7.11 Å². The second-order valence-electron chi connectivity index (χ2n) is 6.58. The van der Waals surface area contributed by atoms with Gasteiger partial charge in [0.2, 0.25) is 5.91 Å². The smallest absolute Gasteiger partial charge is 0.293 e. The number of ether oxygens (including phenoxy) is 1. The minimum absolute atomic E-state index is 0.220. The summed E-state index contributed by atoms with van der Waals surface area (Å²) in [7, 11) is 1.58. The SMILES string of the molecule is COc1ccc(CNC(=O)Cn2ncn3nc(-c4ccc(F)cc4)cc3c2=O)cc1. The molecule has 4 rings (SSSR count). The summed E-state index contributed by atoms with van der Waals surface area (Å²) >= 11 is 0. The quantitative estimate of drug-likeness (QED) is 0.528. The van der Waals surface area contributed by atoms with Crippen molar-refractivity contribution in [3.8, 4) is 17.0 Å². The summed E-state index contributed by atoms with van der Waals surface area (Å²) in [6.07, 6.45) is 1.36. The number of amides is 1. The first kappa shape index (κ1) is 19.3. The molecule has 1 amide bonds. The van der Waals surface area contributed by atoms with Gasteiger partial charge in [0.15, 0.2) is 0 Å². The normalized spacial score (nSPS) is 10.9. The van der Waals surface area contributed by atoms with E-state index in [1.165, 1.54) is 23.0 Å². The molecule has 0 aliphatic rings. The van der Waals surface area contributed by atoms with Gasteiger partial charge in [-0.05, 0) is 48.0 Å². The van der Waals surface area contributed by atoms with Crippen LogP contribution in [0.5, 0.6) is 5.75 Å². The maximum atomic E-state index is 13.1. The molecule has 152 valence electrons. The Bertz CT molecular complexity index is 1250. The molecule has 0 aliphatic carbocycles. The molecule has 0 aliphatic heterocycles. The van der Waals surface area contributed by atoms with Gasteiger partial charge in [0.1, 0.15) is 30.0 Å². The van der Waals surface area contributed by atoms with Crippen LogP contribution in [-0.2, 0) is 17.9 Å². The van der Waals surface area contributed by atoms with E-state index in [-0.39, 0.29) is 23.8 Å². The first-order chi connectivity index (χ1) is 14.5. The van der Waals surface area contributed by atoms with Crippen molar-refractivity contribution in [1.82, 2.24) is 24.7 Å². The number of carbonyl (C=O) groups excluding carboxylic acids is 1. The minimum atomic E-state index is -0.446. The molecule has 0 saturated heterocycles. The highest BCUT2D eigenvalue weighted by Gasteiger charge is 2.12. The lowest BCUT2D eigenvalue weighted by Gasteiger charge is -2.07. The van der Waals surface area contributed by atoms with Crippen LogP contribution >= 0.6 is 0 Å². The standard InChI is InChI=1S/C21H18FN5O3/c1-30-17-8-2-14(3-9-17)11-23-20(28)12-26-21(29)19-10-18(25-27(19)13-24-26)15-4-6-16(22)7-5-15/h2-10,13H,11-12H2,1H3,(H,23,28). The van der Waals surface area contributed by atoms with Gasteiger partial charge in [0.25, 0.3) is 5.56 Å². The Morgan fingerprint density at radius 3 is 2.57 bits per heavy atom. The van der Waals surface area contributed by atoms with Crippen LogP contribution in [0.1, 0.15) is 5.56 Å². The lowest BCUT2D eigenvalue weighted by molar-refractivity contribution is -0.122. The number of nitrogens with zero attached hydrogens (tertiary/aromatic N) is 4. The molecule has 2 heterocycles. The average Bonchev–Trinajstić information content (AvgIpc) is 3.20. The Labute approximate surface area is 170 Å². The number of methoxy groups -OCH3 is 1. The van der Waals surface area contributed by atoms with E-state index in [2.05, 4.69) is 15.5 Å². The van der Waals surface area contributed by atoms with E-state index in [0.717, 1.165) is 16.0 Å². The third-order valence-electron chi connectivity index (χ3n) is 4.57. The predicted molar refractivity (Wildman–Crippen MR) is 107 cm³/mol. The monoisotopic (exact) mass is 407 g/mol. The molecular weight excluding hydrogens is 389 g/mol. The molecule has 0 unspecified atom stereocenters. The van der Waals surface area contributed by atoms with Crippen LogP contribution in [0, 0.1) is 5.82 Å². The number of aromatic nitrogens is 4. The van der Waals surface area contributed by atoms with Crippen molar-refractivity contribution in [2.45, 2.75) is 13.1 Å². The summed E-state index contributed by atoms with van der Waals surface area (Å²) in [4.78, 5) is 25.0. The Balaban J connectivity index is 1.48. The predicted octanol–water partition coefficient (Wildman–Crippen LogP) is 2.02. The summed E-state index contributed by atoms with van der Waals surface area (Å²) in [5.41, 5.74) is 1.91. The van der Waals surface area contributed by atoms with E-state index in [9.17, 15) is 14.0 Å². The van der Waals surface area contributed by atoms with Gasteiger partial charge in [0.05, 0.1) is 12.8 Å². The van der Waals surface area contributed by atoms with Crippen molar-refractivity contribution < 1.29 is 13.9 Å². The molecule has 0 bridgehead atoms. The summed E-state index contributed by atoms with van der Waals surface area (Å²) in [5, 5.41) is 11.1. The van der Waals surface area contributed by atoms with E-state index in [1.54, 1.807) is 37.4 Å². The highest BCUT2D eigenvalue weighted by atomic mass is 19.1. The number of fused-ring (bicyclic) bond motifs is 1. The summed E-state index contributed by atoms with van der Waals surface area (Å²) in [6.45, 7) is 0.101. The molecule has 0 radical (unpaired) electrons. The van der Waals surface area contributed by atoms with E-state index in [0.29, 0.717) is 17.8 Å². The highest BCUT2D eigenvalue weighted by molar-refractivity contribution is 5.75. The van der Waals surface area contributed by atoms with Crippen LogP contribution in [0.25, 0.3) is 16.8 Å². The number of rotatable bonds is 6. The van der Waals surface area contributed by atoms with Crippen molar-refractivity contribution in [1.29, 1.82) is 0 Å². The maximum Gasteiger partial charge on any atom is 0.293 e. The van der Waals surface area contributed by atoms with Crippen molar-refractivity contribution >= 4 is 11.4 Å². The fourth-order valence-corrected chi connectivity index (χ4v) is 2.95. The molecule has 9 heteroatoms. The summed E-state index contributed by atoms with van der Waals surface area (Å²) in [5.74, 6) is 0.0326. The lowest BCUT2D eigenvalue weighted by Crippen LogP contribution is -2.34. The second kappa shape index (κ2) is 8.16. The van der Waals surface area contributed by atoms with Gasteiger partial charge < -0.3 is 10.1 Å². The van der Waals surface area contributed by atoms with E-state index < -0.39 is 5.56 Å². The molecular formula is C21H18FN5O3. The van der Waals surface area contributed by atoms with Crippen LogP contribution in [0.3, 0.4) is 0 Å². The van der Waals surface area contributed by atoms with E-state index in [4.69, 9.17) is 4.74 Å². The summed E-state index contributed by atoms with van der Waals surface area (Å²) < 4.78 is 20.6. The average molecular weight is 407 g/mol. The van der Waals surface area contributed by atoms with E-state index >= 15 is 0 Å². The minimum Gasteiger partial charge on any atom is -0.497 e. The van der Waals surface area contributed by atoms with Gasteiger partial charge in [-0.25, -0.2) is 13.6 Å². The molecule has 0 spiro atoms. The number of hydrogen-bond donors (Lipinski definition) is 1. The number of halogens is 1. The molecule has 30 heavy (non-hydrogen) atoms. The van der Waals surface area contributed by atoms with Crippen LogP contribution in [0.4, 0.5) is 4.39 Å². The molecule has 2 aromatic heterocycles. The fourth-order valence-electron chi connectivity index (χ4n) is 2.95. The van der Waals surface area contributed by atoms with E-state index in [1.807, 2.05) is 12.1 Å². The fraction of sp³-hybridized carbons (Fsp3) is 0.143. The van der Waals surface area contributed by atoms with Gasteiger partial charge >= 0.3 is 0 Å². The summed E-state index contributed by atoms with van der Waals surface area (Å²) in [6, 6.07) is 14.7.